The first-order chi connectivity index (χ1) is 14.1. The molecule has 0 spiro atoms. The first kappa shape index (κ1) is 20.2. The number of ketones is 1. The van der Waals surface area contributed by atoms with Crippen molar-refractivity contribution in [1.29, 1.82) is 0 Å². The highest BCUT2D eigenvalue weighted by Crippen LogP contribution is 2.47. The molecule has 1 amide bonds. The number of carbonyl (C=O) groups is 2. The monoisotopic (exact) mass is 404 g/mol. The number of nitrogens with one attached hydrogen (secondary N) is 2. The van der Waals surface area contributed by atoms with Crippen LogP contribution in [0.1, 0.15) is 56.6 Å². The van der Waals surface area contributed by atoms with Crippen molar-refractivity contribution in [3.63, 3.8) is 0 Å². The average Bonchev–Trinajstić information content (AvgIpc) is 3.07. The second-order valence-corrected chi connectivity index (χ2v) is 9.20. The summed E-state index contributed by atoms with van der Waals surface area (Å²) >= 11 is 0. The van der Waals surface area contributed by atoms with Gasteiger partial charge >= 0.3 is 0 Å². The van der Waals surface area contributed by atoms with Crippen molar-refractivity contribution < 1.29 is 14.0 Å². The predicted molar refractivity (Wildman–Crippen MR) is 117 cm³/mol. The summed E-state index contributed by atoms with van der Waals surface area (Å²) in [6.45, 7) is 9.96. The summed E-state index contributed by atoms with van der Waals surface area (Å²) < 4.78 is 5.94. The molecule has 156 valence electrons. The van der Waals surface area contributed by atoms with E-state index in [1.165, 1.54) is 0 Å². The number of aryl methyl sites for hydroxylation is 2. The first-order valence-corrected chi connectivity index (χ1v) is 10.3. The number of hydrogen-bond donors (Lipinski definition) is 2. The lowest BCUT2D eigenvalue weighted by molar-refractivity contribution is -0.118. The lowest BCUT2D eigenvalue weighted by Crippen LogP contribution is -2.39. The van der Waals surface area contributed by atoms with Crippen LogP contribution in [0.2, 0.25) is 0 Å². The molecule has 2 heterocycles. The highest BCUT2D eigenvalue weighted by atomic mass is 16.3. The molecule has 2 N–H and O–H groups in total. The lowest BCUT2D eigenvalue weighted by Gasteiger charge is -2.39. The molecule has 0 fully saturated rings. The summed E-state index contributed by atoms with van der Waals surface area (Å²) in [6, 6.07) is 11.4. The Bertz CT molecular complexity index is 1080. The molecule has 2 aromatic rings. The Labute approximate surface area is 177 Å². The van der Waals surface area contributed by atoms with E-state index in [9.17, 15) is 9.59 Å². The van der Waals surface area contributed by atoms with Gasteiger partial charge in [0.25, 0.3) is 5.91 Å². The minimum Gasteiger partial charge on any atom is -0.465 e. The van der Waals surface area contributed by atoms with Crippen LogP contribution in [0.15, 0.2) is 63.4 Å². The van der Waals surface area contributed by atoms with Gasteiger partial charge in [-0.25, -0.2) is 0 Å². The number of hydrogen-bond acceptors (Lipinski definition) is 4. The summed E-state index contributed by atoms with van der Waals surface area (Å²) in [7, 11) is 0. The molecule has 30 heavy (non-hydrogen) atoms. The standard InChI is InChI=1S/C25H28N2O3/c1-14-6-9-17(10-7-14)27-24(29)21-16(3)26-18-12-25(4,5)13-19(28)22(18)23(21)20-11-8-15(2)30-20/h6-11,23,26H,12-13H2,1-5H3,(H,27,29)/t23-/m1/s1. The zero-order valence-corrected chi connectivity index (χ0v) is 18.2. The van der Waals surface area contributed by atoms with Crippen LogP contribution in [-0.2, 0) is 9.59 Å². The van der Waals surface area contributed by atoms with Gasteiger partial charge in [0.15, 0.2) is 5.78 Å². The van der Waals surface area contributed by atoms with E-state index in [0.717, 1.165) is 34.8 Å². The van der Waals surface area contributed by atoms with Gasteiger partial charge in [0.2, 0.25) is 0 Å². The molecule has 5 heteroatoms. The molecule has 0 unspecified atom stereocenters. The Morgan fingerprint density at radius 3 is 2.40 bits per heavy atom. The van der Waals surface area contributed by atoms with E-state index in [1.54, 1.807) is 0 Å². The number of dihydropyridines is 1. The Balaban J connectivity index is 1.78. The van der Waals surface area contributed by atoms with E-state index in [1.807, 2.05) is 57.2 Å². The molecule has 0 saturated carbocycles. The summed E-state index contributed by atoms with van der Waals surface area (Å²) in [5.41, 5.74) is 4.56. The molecule has 5 nitrogen and oxygen atoms in total. The van der Waals surface area contributed by atoms with Crippen LogP contribution in [0.3, 0.4) is 0 Å². The Hall–Kier alpha value is -3.08. The highest BCUT2D eigenvalue weighted by molar-refractivity contribution is 6.09. The van der Waals surface area contributed by atoms with Crippen molar-refractivity contribution in [3.8, 4) is 0 Å². The summed E-state index contributed by atoms with van der Waals surface area (Å²) in [5, 5.41) is 6.36. The largest absolute Gasteiger partial charge is 0.465 e. The minimum atomic E-state index is -0.510. The smallest absolute Gasteiger partial charge is 0.254 e. The van der Waals surface area contributed by atoms with Gasteiger partial charge < -0.3 is 15.1 Å². The van der Waals surface area contributed by atoms with Gasteiger partial charge in [0.1, 0.15) is 11.5 Å². The number of allylic oxidation sites excluding steroid dienone is 3. The van der Waals surface area contributed by atoms with Crippen LogP contribution in [0.4, 0.5) is 5.69 Å². The number of anilines is 1. The third-order valence-electron chi connectivity index (χ3n) is 5.84. The number of rotatable bonds is 3. The van der Waals surface area contributed by atoms with Gasteiger partial charge in [0.05, 0.1) is 11.5 Å². The first-order valence-electron chi connectivity index (χ1n) is 10.3. The lowest BCUT2D eigenvalue weighted by atomic mass is 9.69. The van der Waals surface area contributed by atoms with Gasteiger partial charge in [-0.1, -0.05) is 31.5 Å². The van der Waals surface area contributed by atoms with E-state index < -0.39 is 5.92 Å². The Morgan fingerprint density at radius 2 is 1.77 bits per heavy atom. The highest BCUT2D eigenvalue weighted by Gasteiger charge is 2.43. The van der Waals surface area contributed by atoms with Crippen molar-refractivity contribution >= 4 is 17.4 Å². The topological polar surface area (TPSA) is 71.3 Å². The number of furan rings is 1. The molecular weight excluding hydrogens is 376 g/mol. The summed E-state index contributed by atoms with van der Waals surface area (Å²) in [4.78, 5) is 26.6. The van der Waals surface area contributed by atoms with E-state index in [-0.39, 0.29) is 17.1 Å². The predicted octanol–water partition coefficient (Wildman–Crippen LogP) is 5.14. The van der Waals surface area contributed by atoms with Crippen molar-refractivity contribution in [2.75, 3.05) is 5.32 Å². The Morgan fingerprint density at radius 1 is 1.07 bits per heavy atom. The third-order valence-corrected chi connectivity index (χ3v) is 5.84. The van der Waals surface area contributed by atoms with Gasteiger partial charge in [-0.15, -0.1) is 0 Å². The zero-order chi connectivity index (χ0) is 21.6. The minimum absolute atomic E-state index is 0.0703. The number of benzene rings is 1. The van der Waals surface area contributed by atoms with Crippen LogP contribution in [-0.4, -0.2) is 11.7 Å². The van der Waals surface area contributed by atoms with Crippen LogP contribution in [0, 0.1) is 19.3 Å². The third kappa shape index (κ3) is 3.72. The van der Waals surface area contributed by atoms with E-state index in [0.29, 0.717) is 23.3 Å². The van der Waals surface area contributed by atoms with Crippen LogP contribution < -0.4 is 10.6 Å². The molecule has 0 bridgehead atoms. The number of carbonyl (C=O) groups excluding carboxylic acids is 2. The van der Waals surface area contributed by atoms with Crippen molar-refractivity contribution in [2.45, 2.75) is 53.4 Å². The van der Waals surface area contributed by atoms with Gasteiger partial charge in [-0.2, -0.15) is 0 Å². The molecule has 2 aliphatic rings. The van der Waals surface area contributed by atoms with Crippen molar-refractivity contribution in [1.82, 2.24) is 5.32 Å². The maximum Gasteiger partial charge on any atom is 0.254 e. The second kappa shape index (κ2) is 7.31. The van der Waals surface area contributed by atoms with Gasteiger partial charge in [-0.3, -0.25) is 9.59 Å². The fourth-order valence-electron chi connectivity index (χ4n) is 4.47. The van der Waals surface area contributed by atoms with E-state index in [2.05, 4.69) is 24.5 Å². The molecule has 1 aliphatic carbocycles. The summed E-state index contributed by atoms with van der Waals surface area (Å²) in [6.07, 6.45) is 1.21. The second-order valence-electron chi connectivity index (χ2n) is 9.20. The molecule has 4 rings (SSSR count). The molecule has 1 aromatic heterocycles. The molecular formula is C25H28N2O3. The zero-order valence-electron chi connectivity index (χ0n) is 18.2. The number of Topliss-reactive ketones (excluding diaryl/α,β-unsaturated/α-hetero) is 1. The molecule has 1 aliphatic heterocycles. The summed E-state index contributed by atoms with van der Waals surface area (Å²) in [5.74, 6) is 0.713. The quantitative estimate of drug-likeness (QED) is 0.743. The molecule has 0 radical (unpaired) electrons. The SMILES string of the molecule is CC1=C(C(=O)Nc2ccc(C)cc2)[C@@H](c2ccc(C)o2)C2=C(CC(C)(C)CC2=O)N1. The van der Waals surface area contributed by atoms with Crippen molar-refractivity contribution in [2.24, 2.45) is 5.41 Å². The fraction of sp³-hybridized carbons (Fsp3) is 0.360. The van der Waals surface area contributed by atoms with Crippen LogP contribution >= 0.6 is 0 Å². The normalized spacial score (nSPS) is 20.7. The van der Waals surface area contributed by atoms with Gasteiger partial charge in [-0.05, 0) is 56.9 Å². The maximum absolute atomic E-state index is 13.4. The van der Waals surface area contributed by atoms with Crippen LogP contribution in [0.5, 0.6) is 0 Å². The number of amides is 1. The van der Waals surface area contributed by atoms with Crippen LogP contribution in [0.25, 0.3) is 0 Å². The molecule has 1 aromatic carbocycles. The van der Waals surface area contributed by atoms with E-state index in [4.69, 9.17) is 4.42 Å². The van der Waals surface area contributed by atoms with Crippen molar-refractivity contribution in [3.05, 3.63) is 76.0 Å². The van der Waals surface area contributed by atoms with E-state index >= 15 is 0 Å². The molecule has 0 saturated heterocycles. The Kier molecular flexibility index (Phi) is 4.92. The molecule has 1 atom stereocenters. The van der Waals surface area contributed by atoms with Gasteiger partial charge in [0, 0.05) is 29.1 Å². The maximum atomic E-state index is 13.4. The fourth-order valence-corrected chi connectivity index (χ4v) is 4.47. The average molecular weight is 405 g/mol.